The zero-order valence-electron chi connectivity index (χ0n) is 10.9. The Morgan fingerprint density at radius 3 is 2.22 bits per heavy atom. The molecule has 0 spiro atoms. The summed E-state index contributed by atoms with van der Waals surface area (Å²) in [6.45, 7) is 2.40. The maximum absolute atomic E-state index is 11.8. The number of hydrogen-bond donors (Lipinski definition) is 1. The lowest BCUT2D eigenvalue weighted by molar-refractivity contribution is -0.137. The first-order valence-corrected chi connectivity index (χ1v) is 6.08. The molecule has 0 aliphatic carbocycles. The molecule has 1 atom stereocenters. The lowest BCUT2D eigenvalue weighted by Gasteiger charge is -2.20. The van der Waals surface area contributed by atoms with Crippen molar-refractivity contribution < 1.29 is 17.9 Å². The van der Waals surface area contributed by atoms with Crippen molar-refractivity contribution in [3.63, 3.8) is 0 Å². The summed E-state index contributed by atoms with van der Waals surface area (Å²) in [5, 5.41) is 11.8. The molecule has 0 radical (unpaired) electrons. The summed E-state index contributed by atoms with van der Waals surface area (Å²) in [4.78, 5) is 0. The first-order valence-electron chi connectivity index (χ1n) is 6.08. The molecule has 6 heteroatoms. The van der Waals surface area contributed by atoms with Gasteiger partial charge < -0.3 is 10.1 Å². The van der Waals surface area contributed by atoms with Crippen LogP contribution < -0.4 is 5.32 Å². The first kappa shape index (κ1) is 17.2. The maximum atomic E-state index is 11.8. The second-order valence-corrected chi connectivity index (χ2v) is 4.48. The molecule has 0 aromatic heterocycles. The van der Waals surface area contributed by atoms with Gasteiger partial charge in [-0.1, -0.05) is 0 Å². The number of ether oxygens (including phenoxy) is 1. The van der Waals surface area contributed by atoms with Gasteiger partial charge >= 0.3 is 6.18 Å². The quantitative estimate of drug-likeness (QED) is 0.652. The number of alkyl halides is 3. The summed E-state index contributed by atoms with van der Waals surface area (Å²) in [7, 11) is 1.73. The third kappa shape index (κ3) is 9.25. The summed E-state index contributed by atoms with van der Waals surface area (Å²) < 4.78 is 40.5. The third-order valence-electron chi connectivity index (χ3n) is 2.76. The lowest BCUT2D eigenvalue weighted by Crippen LogP contribution is -2.37. The molecule has 0 rings (SSSR count). The van der Waals surface area contributed by atoms with Gasteiger partial charge in [0.05, 0.1) is 6.07 Å². The molecule has 0 aromatic carbocycles. The lowest BCUT2D eigenvalue weighted by atomic mass is 9.97. The van der Waals surface area contributed by atoms with Crippen molar-refractivity contribution in [2.75, 3.05) is 20.3 Å². The fourth-order valence-electron chi connectivity index (χ4n) is 1.40. The normalized spacial score (nSPS) is 15.1. The highest BCUT2D eigenvalue weighted by Crippen LogP contribution is 2.21. The summed E-state index contributed by atoms with van der Waals surface area (Å²) in [5.74, 6) is 0. The van der Waals surface area contributed by atoms with E-state index in [0.29, 0.717) is 13.0 Å². The Bertz CT molecular complexity index is 263. The van der Waals surface area contributed by atoms with Gasteiger partial charge in [0.2, 0.25) is 0 Å². The number of nitrogens with zero attached hydrogens (tertiary/aromatic N) is 1. The van der Waals surface area contributed by atoms with Crippen molar-refractivity contribution in [1.82, 2.24) is 5.32 Å². The van der Waals surface area contributed by atoms with E-state index in [4.69, 9.17) is 10.00 Å². The molecule has 18 heavy (non-hydrogen) atoms. The largest absolute Gasteiger partial charge is 0.389 e. The van der Waals surface area contributed by atoms with Gasteiger partial charge in [-0.3, -0.25) is 0 Å². The van der Waals surface area contributed by atoms with E-state index in [9.17, 15) is 13.2 Å². The minimum Gasteiger partial charge on any atom is -0.381 e. The van der Waals surface area contributed by atoms with E-state index in [1.165, 1.54) is 0 Å². The van der Waals surface area contributed by atoms with Gasteiger partial charge in [-0.2, -0.15) is 18.4 Å². The number of nitriles is 1. The molecule has 0 amide bonds. The van der Waals surface area contributed by atoms with Crippen LogP contribution in [0.25, 0.3) is 0 Å². The summed E-state index contributed by atoms with van der Waals surface area (Å²) in [5.41, 5.74) is -0.531. The summed E-state index contributed by atoms with van der Waals surface area (Å²) in [6, 6.07) is 2.18. The molecular weight excluding hydrogens is 245 g/mol. The zero-order valence-corrected chi connectivity index (χ0v) is 10.9. The van der Waals surface area contributed by atoms with E-state index in [-0.39, 0.29) is 13.0 Å². The SMILES string of the molecule is CNC(C)(C#N)CCCCOCCCC(F)(F)F. The van der Waals surface area contributed by atoms with Crippen LogP contribution in [0.15, 0.2) is 0 Å². The molecule has 3 nitrogen and oxygen atoms in total. The van der Waals surface area contributed by atoms with Crippen molar-refractivity contribution in [1.29, 1.82) is 5.26 Å². The van der Waals surface area contributed by atoms with Gasteiger partial charge in [0.1, 0.15) is 5.54 Å². The van der Waals surface area contributed by atoms with Crippen LogP contribution in [0.3, 0.4) is 0 Å². The van der Waals surface area contributed by atoms with E-state index in [1.807, 2.05) is 6.92 Å². The number of nitrogens with one attached hydrogen (secondary N) is 1. The number of halogens is 3. The fraction of sp³-hybridized carbons (Fsp3) is 0.917. The topological polar surface area (TPSA) is 45.0 Å². The van der Waals surface area contributed by atoms with Gasteiger partial charge in [-0.05, 0) is 39.7 Å². The predicted molar refractivity (Wildman–Crippen MR) is 63.0 cm³/mol. The van der Waals surface area contributed by atoms with E-state index in [1.54, 1.807) is 7.05 Å². The highest BCUT2D eigenvalue weighted by Gasteiger charge is 2.25. The minimum absolute atomic E-state index is 0.00985. The van der Waals surface area contributed by atoms with E-state index in [0.717, 1.165) is 12.8 Å². The Kier molecular flexibility index (Phi) is 7.96. The number of unbranched alkanes of at least 4 members (excludes halogenated alkanes) is 1. The van der Waals surface area contributed by atoms with Gasteiger partial charge in [0.25, 0.3) is 0 Å². The van der Waals surface area contributed by atoms with Crippen LogP contribution in [0.4, 0.5) is 13.2 Å². The molecular formula is C12H21F3N2O. The second-order valence-electron chi connectivity index (χ2n) is 4.48. The Labute approximate surface area is 106 Å². The average molecular weight is 266 g/mol. The highest BCUT2D eigenvalue weighted by molar-refractivity contribution is 5.02. The van der Waals surface area contributed by atoms with Crippen LogP contribution in [0.1, 0.15) is 39.0 Å². The van der Waals surface area contributed by atoms with Crippen LogP contribution in [-0.4, -0.2) is 32.0 Å². The molecule has 0 heterocycles. The third-order valence-corrected chi connectivity index (χ3v) is 2.76. The first-order chi connectivity index (χ1) is 8.33. The Morgan fingerprint density at radius 1 is 1.11 bits per heavy atom. The second kappa shape index (κ2) is 8.33. The minimum atomic E-state index is -4.09. The Balaban J connectivity index is 3.40. The highest BCUT2D eigenvalue weighted by atomic mass is 19.4. The Hall–Kier alpha value is -0.800. The standard InChI is InChI=1S/C12H21F3N2O/c1-11(10-16,17-2)6-3-4-8-18-9-5-7-12(13,14)15/h17H,3-9H2,1-2H3. The van der Waals surface area contributed by atoms with E-state index < -0.39 is 18.1 Å². The summed E-state index contributed by atoms with van der Waals surface area (Å²) in [6.07, 6.45) is -2.61. The smallest absolute Gasteiger partial charge is 0.381 e. The zero-order chi connectivity index (χ0) is 14.1. The van der Waals surface area contributed by atoms with Gasteiger partial charge in [-0.25, -0.2) is 0 Å². The molecule has 0 aliphatic rings. The van der Waals surface area contributed by atoms with Gasteiger partial charge in [0.15, 0.2) is 0 Å². The van der Waals surface area contributed by atoms with Crippen molar-refractivity contribution in [3.8, 4) is 6.07 Å². The van der Waals surface area contributed by atoms with Crippen LogP contribution >= 0.6 is 0 Å². The Morgan fingerprint density at radius 2 is 1.72 bits per heavy atom. The molecule has 1 unspecified atom stereocenters. The van der Waals surface area contributed by atoms with Crippen molar-refractivity contribution in [2.24, 2.45) is 0 Å². The van der Waals surface area contributed by atoms with Crippen molar-refractivity contribution in [3.05, 3.63) is 0 Å². The summed E-state index contributed by atoms with van der Waals surface area (Å²) >= 11 is 0. The van der Waals surface area contributed by atoms with Crippen molar-refractivity contribution >= 4 is 0 Å². The van der Waals surface area contributed by atoms with Crippen LogP contribution in [0.5, 0.6) is 0 Å². The molecule has 0 saturated heterocycles. The molecule has 0 aromatic rings. The molecule has 0 bridgehead atoms. The fourth-order valence-corrected chi connectivity index (χ4v) is 1.40. The molecule has 0 fully saturated rings. The van der Waals surface area contributed by atoms with Gasteiger partial charge in [0, 0.05) is 19.6 Å². The molecule has 0 aliphatic heterocycles. The van der Waals surface area contributed by atoms with E-state index >= 15 is 0 Å². The monoisotopic (exact) mass is 266 g/mol. The number of rotatable bonds is 9. The number of hydrogen-bond acceptors (Lipinski definition) is 3. The molecule has 106 valence electrons. The van der Waals surface area contributed by atoms with Crippen LogP contribution in [-0.2, 0) is 4.74 Å². The average Bonchev–Trinajstić information content (AvgIpc) is 2.31. The predicted octanol–water partition coefficient (Wildman–Crippen LogP) is 3.02. The van der Waals surface area contributed by atoms with Crippen LogP contribution in [0.2, 0.25) is 0 Å². The van der Waals surface area contributed by atoms with Gasteiger partial charge in [-0.15, -0.1) is 0 Å². The molecule has 1 N–H and O–H groups in total. The van der Waals surface area contributed by atoms with Crippen LogP contribution in [0, 0.1) is 11.3 Å². The maximum Gasteiger partial charge on any atom is 0.389 e. The molecule has 0 saturated carbocycles. The van der Waals surface area contributed by atoms with Crippen molar-refractivity contribution in [2.45, 2.75) is 50.7 Å². The van der Waals surface area contributed by atoms with E-state index in [2.05, 4.69) is 11.4 Å².